The van der Waals surface area contributed by atoms with Gasteiger partial charge in [-0.1, -0.05) is 19.1 Å². The molecule has 1 aromatic carbocycles. The van der Waals surface area contributed by atoms with E-state index in [4.69, 9.17) is 4.74 Å². The molecule has 0 N–H and O–H groups in total. The molecule has 0 saturated carbocycles. The Hall–Kier alpha value is -2.17. The Balaban J connectivity index is 2.98. The molecule has 0 radical (unpaired) electrons. The molecule has 0 saturated heterocycles. The third kappa shape index (κ3) is 3.41. The molecule has 0 fully saturated rings. The number of esters is 3. The highest BCUT2D eigenvalue weighted by Gasteiger charge is 2.20. The van der Waals surface area contributed by atoms with Gasteiger partial charge < -0.3 is 9.47 Å². The van der Waals surface area contributed by atoms with Gasteiger partial charge in [0, 0.05) is 6.42 Å². The van der Waals surface area contributed by atoms with Gasteiger partial charge in [-0.2, -0.15) is 0 Å². The molecule has 0 amide bonds. The van der Waals surface area contributed by atoms with Crippen LogP contribution in [-0.2, 0) is 14.3 Å². The quantitative estimate of drug-likeness (QED) is 0.603. The lowest BCUT2D eigenvalue weighted by atomic mass is 10.1. The highest BCUT2D eigenvalue weighted by molar-refractivity contribution is 6.05. The van der Waals surface area contributed by atoms with Crippen molar-refractivity contribution in [2.24, 2.45) is 0 Å². The third-order valence-corrected chi connectivity index (χ3v) is 2.14. The Bertz CT molecular complexity index is 464. The lowest BCUT2D eigenvalue weighted by Crippen LogP contribution is -2.16. The summed E-state index contributed by atoms with van der Waals surface area (Å²) in [6.45, 7) is 3.45. The van der Waals surface area contributed by atoms with Crippen LogP contribution >= 0.6 is 0 Å². The molecule has 0 bridgehead atoms. The summed E-state index contributed by atoms with van der Waals surface area (Å²) in [5, 5.41) is 0. The maximum absolute atomic E-state index is 11.7. The van der Waals surface area contributed by atoms with Crippen molar-refractivity contribution in [3.8, 4) is 0 Å². The Labute approximate surface area is 105 Å². The number of benzene rings is 1. The minimum atomic E-state index is -0.842. The van der Waals surface area contributed by atoms with Crippen LogP contribution in [0.15, 0.2) is 24.3 Å². The highest BCUT2D eigenvalue weighted by atomic mass is 16.6. The smallest absolute Gasteiger partial charge is 0.346 e. The molecule has 5 nitrogen and oxygen atoms in total. The van der Waals surface area contributed by atoms with Gasteiger partial charge in [-0.25, -0.2) is 9.59 Å². The normalized spacial score (nSPS) is 9.67. The molecule has 0 atom stereocenters. The van der Waals surface area contributed by atoms with Gasteiger partial charge in [0.1, 0.15) is 0 Å². The van der Waals surface area contributed by atoms with E-state index in [2.05, 4.69) is 4.74 Å². The Kier molecular flexibility index (Phi) is 5.05. The van der Waals surface area contributed by atoms with E-state index in [9.17, 15) is 14.4 Å². The molecule has 0 aliphatic heterocycles. The third-order valence-electron chi connectivity index (χ3n) is 2.14. The fourth-order valence-corrected chi connectivity index (χ4v) is 1.28. The van der Waals surface area contributed by atoms with Gasteiger partial charge in [0.15, 0.2) is 0 Å². The average molecular weight is 250 g/mol. The molecule has 0 unspecified atom stereocenters. The van der Waals surface area contributed by atoms with Crippen LogP contribution in [0.5, 0.6) is 0 Å². The molecule has 0 heterocycles. The molecular formula is C13H14O5. The SMILES string of the molecule is CCOC(=O)c1ccccc1C(=O)OC(=O)CC. The Morgan fingerprint density at radius 3 is 2.06 bits per heavy atom. The first-order chi connectivity index (χ1) is 8.60. The van der Waals surface area contributed by atoms with E-state index >= 15 is 0 Å². The number of rotatable bonds is 4. The fraction of sp³-hybridized carbons (Fsp3) is 0.308. The van der Waals surface area contributed by atoms with Crippen LogP contribution in [0.25, 0.3) is 0 Å². The second-order valence-corrected chi connectivity index (χ2v) is 3.38. The van der Waals surface area contributed by atoms with Gasteiger partial charge >= 0.3 is 17.9 Å². The van der Waals surface area contributed by atoms with Crippen molar-refractivity contribution in [1.82, 2.24) is 0 Å². The van der Waals surface area contributed by atoms with E-state index in [1.807, 2.05) is 0 Å². The van der Waals surface area contributed by atoms with E-state index in [0.29, 0.717) is 0 Å². The zero-order chi connectivity index (χ0) is 13.5. The van der Waals surface area contributed by atoms with Crippen LogP contribution in [0.4, 0.5) is 0 Å². The lowest BCUT2D eigenvalue weighted by molar-refractivity contribution is -0.137. The van der Waals surface area contributed by atoms with E-state index in [1.165, 1.54) is 12.1 Å². The van der Waals surface area contributed by atoms with Crippen LogP contribution in [0.2, 0.25) is 0 Å². The Morgan fingerprint density at radius 2 is 1.56 bits per heavy atom. The van der Waals surface area contributed by atoms with Gasteiger partial charge in [-0.15, -0.1) is 0 Å². The summed E-state index contributed by atoms with van der Waals surface area (Å²) in [7, 11) is 0. The summed E-state index contributed by atoms with van der Waals surface area (Å²) in [5.41, 5.74) is 0.117. The van der Waals surface area contributed by atoms with E-state index in [1.54, 1.807) is 26.0 Å². The van der Waals surface area contributed by atoms with Gasteiger partial charge in [0.25, 0.3) is 0 Å². The summed E-state index contributed by atoms with van der Waals surface area (Å²) < 4.78 is 9.39. The molecule has 1 rings (SSSR count). The van der Waals surface area contributed by atoms with Crippen molar-refractivity contribution in [3.05, 3.63) is 35.4 Å². The van der Waals surface area contributed by atoms with Crippen LogP contribution < -0.4 is 0 Å². The van der Waals surface area contributed by atoms with Gasteiger partial charge in [0.2, 0.25) is 0 Å². The standard InChI is InChI=1S/C13H14O5/c1-3-11(14)18-13(16)10-8-6-5-7-9(10)12(15)17-4-2/h5-8H,3-4H2,1-2H3. The first-order valence-corrected chi connectivity index (χ1v) is 5.61. The van der Waals surface area contributed by atoms with Crippen molar-refractivity contribution in [1.29, 1.82) is 0 Å². The minimum absolute atomic E-state index is 0.0257. The zero-order valence-corrected chi connectivity index (χ0v) is 10.3. The molecule has 0 aliphatic rings. The van der Waals surface area contributed by atoms with Gasteiger partial charge in [0.05, 0.1) is 17.7 Å². The second kappa shape index (κ2) is 6.54. The van der Waals surface area contributed by atoms with Crippen LogP contribution in [0.1, 0.15) is 41.0 Å². The molecular weight excluding hydrogens is 236 g/mol. The number of hydrogen-bond donors (Lipinski definition) is 0. The first kappa shape index (κ1) is 13.9. The monoisotopic (exact) mass is 250 g/mol. The molecule has 5 heteroatoms. The first-order valence-electron chi connectivity index (χ1n) is 5.61. The van der Waals surface area contributed by atoms with Crippen LogP contribution in [0, 0.1) is 0 Å². The van der Waals surface area contributed by atoms with Crippen molar-refractivity contribution in [3.63, 3.8) is 0 Å². The molecule has 18 heavy (non-hydrogen) atoms. The molecule has 0 aromatic heterocycles. The Morgan fingerprint density at radius 1 is 1.00 bits per heavy atom. The lowest BCUT2D eigenvalue weighted by Gasteiger charge is -2.07. The van der Waals surface area contributed by atoms with Gasteiger partial charge in [-0.3, -0.25) is 4.79 Å². The van der Waals surface area contributed by atoms with E-state index in [0.717, 1.165) is 0 Å². The second-order valence-electron chi connectivity index (χ2n) is 3.38. The maximum atomic E-state index is 11.7. The molecule has 96 valence electrons. The summed E-state index contributed by atoms with van der Waals surface area (Å²) in [5.74, 6) is -2.10. The predicted molar refractivity (Wildman–Crippen MR) is 63.1 cm³/mol. The highest BCUT2D eigenvalue weighted by Crippen LogP contribution is 2.12. The van der Waals surface area contributed by atoms with Crippen LogP contribution in [0.3, 0.4) is 0 Å². The fourth-order valence-electron chi connectivity index (χ4n) is 1.28. The van der Waals surface area contributed by atoms with Crippen molar-refractivity contribution in [2.45, 2.75) is 20.3 Å². The maximum Gasteiger partial charge on any atom is 0.346 e. The summed E-state index contributed by atoms with van der Waals surface area (Å²) in [4.78, 5) is 34.3. The molecule has 0 spiro atoms. The van der Waals surface area contributed by atoms with Gasteiger partial charge in [-0.05, 0) is 19.1 Å². The number of carbonyl (C=O) groups is 3. The zero-order valence-electron chi connectivity index (χ0n) is 10.3. The summed E-state index contributed by atoms with van der Waals surface area (Å²) >= 11 is 0. The summed E-state index contributed by atoms with van der Waals surface area (Å²) in [6.07, 6.45) is 0.0906. The van der Waals surface area contributed by atoms with E-state index < -0.39 is 17.9 Å². The number of carbonyl (C=O) groups excluding carboxylic acids is 3. The van der Waals surface area contributed by atoms with E-state index in [-0.39, 0.29) is 24.2 Å². The topological polar surface area (TPSA) is 69.7 Å². The number of hydrogen-bond acceptors (Lipinski definition) is 5. The van der Waals surface area contributed by atoms with Crippen molar-refractivity contribution < 1.29 is 23.9 Å². The van der Waals surface area contributed by atoms with Crippen molar-refractivity contribution in [2.75, 3.05) is 6.61 Å². The van der Waals surface area contributed by atoms with Crippen molar-refractivity contribution >= 4 is 17.9 Å². The number of ether oxygens (including phenoxy) is 2. The predicted octanol–water partition coefficient (Wildman–Crippen LogP) is 1.96. The van der Waals surface area contributed by atoms with Crippen LogP contribution in [-0.4, -0.2) is 24.5 Å². The minimum Gasteiger partial charge on any atom is -0.462 e. The molecule has 0 aliphatic carbocycles. The molecule has 1 aromatic rings. The average Bonchev–Trinajstić information content (AvgIpc) is 2.38. The largest absolute Gasteiger partial charge is 0.462 e. The summed E-state index contributed by atoms with van der Waals surface area (Å²) in [6, 6.07) is 6.04.